The molecule has 1 saturated heterocycles. The Morgan fingerprint density at radius 1 is 1.43 bits per heavy atom. The molecular formula is C17H27FN2O. The molecule has 1 unspecified atom stereocenters. The molecule has 2 rings (SSSR count). The van der Waals surface area contributed by atoms with Crippen LogP contribution in [0.15, 0.2) is 24.3 Å². The number of hydrogen-bond donors (Lipinski definition) is 1. The van der Waals surface area contributed by atoms with Crippen molar-refractivity contribution >= 4 is 5.69 Å². The Bertz CT molecular complexity index is 444. The van der Waals surface area contributed by atoms with Crippen LogP contribution >= 0.6 is 0 Å². The number of rotatable bonds is 7. The monoisotopic (exact) mass is 294 g/mol. The van der Waals surface area contributed by atoms with Gasteiger partial charge in [0, 0.05) is 43.4 Å². The van der Waals surface area contributed by atoms with Crippen molar-refractivity contribution in [2.75, 3.05) is 37.7 Å². The first kappa shape index (κ1) is 16.2. The van der Waals surface area contributed by atoms with Gasteiger partial charge in [-0.05, 0) is 31.5 Å². The third-order valence-electron chi connectivity index (χ3n) is 4.15. The van der Waals surface area contributed by atoms with Crippen LogP contribution in [-0.4, -0.2) is 38.9 Å². The van der Waals surface area contributed by atoms with Gasteiger partial charge in [0.05, 0.1) is 6.61 Å². The average molecular weight is 294 g/mol. The van der Waals surface area contributed by atoms with E-state index in [1.165, 1.54) is 6.07 Å². The summed E-state index contributed by atoms with van der Waals surface area (Å²) in [5.41, 5.74) is 1.07. The smallest absolute Gasteiger partial charge is 0.125 e. The van der Waals surface area contributed by atoms with E-state index in [-0.39, 0.29) is 11.2 Å². The van der Waals surface area contributed by atoms with Crippen molar-refractivity contribution < 1.29 is 9.13 Å². The molecule has 0 bridgehead atoms. The summed E-state index contributed by atoms with van der Waals surface area (Å²) in [4.78, 5) is 2.25. The molecule has 0 radical (unpaired) electrons. The van der Waals surface area contributed by atoms with Crippen LogP contribution in [0.5, 0.6) is 0 Å². The molecule has 1 heterocycles. The minimum Gasteiger partial charge on any atom is -0.381 e. The van der Waals surface area contributed by atoms with Crippen LogP contribution in [0.3, 0.4) is 0 Å². The third kappa shape index (κ3) is 4.42. The third-order valence-corrected chi connectivity index (χ3v) is 4.15. The lowest BCUT2D eigenvalue weighted by atomic mass is 9.86. The van der Waals surface area contributed by atoms with Crippen LogP contribution in [0.2, 0.25) is 0 Å². The van der Waals surface area contributed by atoms with Gasteiger partial charge in [0.1, 0.15) is 5.82 Å². The normalized spacial score (nSPS) is 22.0. The molecule has 1 atom stereocenters. The molecule has 118 valence electrons. The highest BCUT2D eigenvalue weighted by atomic mass is 19.1. The zero-order valence-corrected chi connectivity index (χ0v) is 13.4. The second-order valence-corrected chi connectivity index (χ2v) is 6.33. The maximum Gasteiger partial charge on any atom is 0.125 e. The topological polar surface area (TPSA) is 24.5 Å². The molecule has 0 aromatic heterocycles. The molecule has 0 spiro atoms. The molecule has 21 heavy (non-hydrogen) atoms. The van der Waals surface area contributed by atoms with E-state index in [9.17, 15) is 4.39 Å². The molecule has 1 aliphatic rings. The summed E-state index contributed by atoms with van der Waals surface area (Å²) in [5.74, 6) is -0.178. The van der Waals surface area contributed by atoms with Gasteiger partial charge < -0.3 is 15.0 Å². The number of ether oxygens (including phenoxy) is 1. The van der Waals surface area contributed by atoms with Gasteiger partial charge in [0.25, 0.3) is 0 Å². The molecule has 1 aromatic carbocycles. The van der Waals surface area contributed by atoms with E-state index < -0.39 is 0 Å². The van der Waals surface area contributed by atoms with Crippen molar-refractivity contribution in [3.8, 4) is 0 Å². The van der Waals surface area contributed by atoms with Crippen molar-refractivity contribution in [2.45, 2.75) is 33.2 Å². The summed E-state index contributed by atoms with van der Waals surface area (Å²) in [6.45, 7) is 10.7. The Balaban J connectivity index is 2.10. The standard InChI is InChI=1S/C17H27FN2O/c1-4-20(16-7-5-6-15(18)10-16)12-17(8-9-21-13-17)11-19-14(2)3/h5-7,10,14,19H,4,8-9,11-13H2,1-3H3. The van der Waals surface area contributed by atoms with Crippen LogP contribution in [0, 0.1) is 11.2 Å². The van der Waals surface area contributed by atoms with Gasteiger partial charge in [-0.15, -0.1) is 0 Å². The number of hydrogen-bond acceptors (Lipinski definition) is 3. The minimum absolute atomic E-state index is 0.118. The van der Waals surface area contributed by atoms with Crippen LogP contribution in [0.25, 0.3) is 0 Å². The predicted molar refractivity (Wildman–Crippen MR) is 85.3 cm³/mol. The van der Waals surface area contributed by atoms with Gasteiger partial charge >= 0.3 is 0 Å². The van der Waals surface area contributed by atoms with E-state index in [2.05, 4.69) is 31.0 Å². The highest BCUT2D eigenvalue weighted by molar-refractivity contribution is 5.46. The second kappa shape index (κ2) is 7.23. The number of benzene rings is 1. The van der Waals surface area contributed by atoms with Gasteiger partial charge in [-0.25, -0.2) is 4.39 Å². The highest BCUT2D eigenvalue weighted by Gasteiger charge is 2.36. The maximum atomic E-state index is 13.5. The highest BCUT2D eigenvalue weighted by Crippen LogP contribution is 2.31. The fraction of sp³-hybridized carbons (Fsp3) is 0.647. The van der Waals surface area contributed by atoms with Gasteiger partial charge in [0.2, 0.25) is 0 Å². The van der Waals surface area contributed by atoms with Crippen molar-refractivity contribution in [2.24, 2.45) is 5.41 Å². The summed E-state index contributed by atoms with van der Waals surface area (Å²) < 4.78 is 19.1. The van der Waals surface area contributed by atoms with E-state index in [0.29, 0.717) is 6.04 Å². The summed E-state index contributed by atoms with van der Waals surface area (Å²) in [7, 11) is 0. The van der Waals surface area contributed by atoms with Crippen molar-refractivity contribution in [3.05, 3.63) is 30.1 Å². The average Bonchev–Trinajstić information content (AvgIpc) is 2.92. The van der Waals surface area contributed by atoms with Crippen LogP contribution < -0.4 is 10.2 Å². The fourth-order valence-electron chi connectivity index (χ4n) is 2.85. The molecule has 0 amide bonds. The van der Waals surface area contributed by atoms with E-state index in [1.807, 2.05) is 6.07 Å². The Labute approximate surface area is 127 Å². The van der Waals surface area contributed by atoms with E-state index >= 15 is 0 Å². The minimum atomic E-state index is -0.178. The van der Waals surface area contributed by atoms with Gasteiger partial charge in [0.15, 0.2) is 0 Å². The van der Waals surface area contributed by atoms with Crippen molar-refractivity contribution in [1.29, 1.82) is 0 Å². The quantitative estimate of drug-likeness (QED) is 0.836. The van der Waals surface area contributed by atoms with Crippen LogP contribution in [0.4, 0.5) is 10.1 Å². The zero-order chi connectivity index (χ0) is 15.3. The fourth-order valence-corrected chi connectivity index (χ4v) is 2.85. The lowest BCUT2D eigenvalue weighted by molar-refractivity contribution is 0.150. The first-order valence-electron chi connectivity index (χ1n) is 7.86. The number of anilines is 1. The predicted octanol–water partition coefficient (Wildman–Crippen LogP) is 3.06. The summed E-state index contributed by atoms with van der Waals surface area (Å²) >= 11 is 0. The molecule has 1 aliphatic heterocycles. The largest absolute Gasteiger partial charge is 0.381 e. The molecule has 3 nitrogen and oxygen atoms in total. The van der Waals surface area contributed by atoms with Crippen LogP contribution in [0.1, 0.15) is 27.2 Å². The summed E-state index contributed by atoms with van der Waals surface area (Å²) in [5, 5.41) is 3.54. The van der Waals surface area contributed by atoms with E-state index in [1.54, 1.807) is 12.1 Å². The SMILES string of the molecule is CCN(CC1(CNC(C)C)CCOC1)c1cccc(F)c1. The number of nitrogens with zero attached hydrogens (tertiary/aromatic N) is 1. The van der Waals surface area contributed by atoms with Crippen molar-refractivity contribution in [3.63, 3.8) is 0 Å². The maximum absolute atomic E-state index is 13.5. The molecular weight excluding hydrogens is 267 g/mol. The molecule has 1 aromatic rings. The lowest BCUT2D eigenvalue weighted by Gasteiger charge is -2.36. The molecule has 0 aliphatic carbocycles. The number of halogens is 1. The van der Waals surface area contributed by atoms with E-state index in [4.69, 9.17) is 4.74 Å². The Morgan fingerprint density at radius 3 is 2.81 bits per heavy atom. The molecule has 0 saturated carbocycles. The molecule has 1 N–H and O–H groups in total. The Hall–Kier alpha value is -1.13. The van der Waals surface area contributed by atoms with Crippen LogP contribution in [-0.2, 0) is 4.74 Å². The van der Waals surface area contributed by atoms with Gasteiger partial charge in [-0.1, -0.05) is 19.9 Å². The second-order valence-electron chi connectivity index (χ2n) is 6.33. The van der Waals surface area contributed by atoms with Crippen molar-refractivity contribution in [1.82, 2.24) is 5.32 Å². The lowest BCUT2D eigenvalue weighted by Crippen LogP contribution is -2.46. The van der Waals surface area contributed by atoms with Gasteiger partial charge in [-0.2, -0.15) is 0 Å². The Kier molecular flexibility index (Phi) is 5.59. The first-order valence-corrected chi connectivity index (χ1v) is 7.86. The summed E-state index contributed by atoms with van der Waals surface area (Å²) in [6, 6.07) is 7.32. The molecule has 1 fully saturated rings. The van der Waals surface area contributed by atoms with E-state index in [0.717, 1.165) is 45.0 Å². The first-order chi connectivity index (χ1) is 10.0. The molecule has 4 heteroatoms. The Morgan fingerprint density at radius 2 is 2.24 bits per heavy atom. The van der Waals surface area contributed by atoms with Gasteiger partial charge in [-0.3, -0.25) is 0 Å². The number of nitrogens with one attached hydrogen (secondary N) is 1. The summed E-state index contributed by atoms with van der Waals surface area (Å²) in [6.07, 6.45) is 1.05. The zero-order valence-electron chi connectivity index (χ0n) is 13.4.